The molecular weight excluding hydrogens is 257 g/mol. The van der Waals surface area contributed by atoms with Crippen LogP contribution in [0.3, 0.4) is 0 Å². The van der Waals surface area contributed by atoms with Crippen molar-refractivity contribution in [3.63, 3.8) is 0 Å². The second-order valence-electron chi connectivity index (χ2n) is 3.61. The molecule has 0 N–H and O–H groups in total. The average molecular weight is 264 g/mol. The zero-order valence-electron chi connectivity index (χ0n) is 8.65. The Labute approximate surface area is 108 Å². The summed E-state index contributed by atoms with van der Waals surface area (Å²) in [5, 5.41) is 1.24. The van der Waals surface area contributed by atoms with E-state index >= 15 is 0 Å². The van der Waals surface area contributed by atoms with Gasteiger partial charge in [0.15, 0.2) is 5.58 Å². The summed E-state index contributed by atoms with van der Waals surface area (Å²) in [7, 11) is 0. The largest absolute Gasteiger partial charge is 0.436 e. The van der Waals surface area contributed by atoms with E-state index in [1.54, 1.807) is 18.2 Å². The van der Waals surface area contributed by atoms with Gasteiger partial charge in [-0.1, -0.05) is 35.3 Å². The maximum Gasteiger partial charge on any atom is 0.228 e. The second kappa shape index (κ2) is 4.06. The second-order valence-corrected chi connectivity index (χ2v) is 4.45. The molecule has 0 amide bonds. The Hall–Kier alpha value is -1.51. The lowest BCUT2D eigenvalue weighted by Crippen LogP contribution is -1.77. The molecule has 17 heavy (non-hydrogen) atoms. The summed E-state index contributed by atoms with van der Waals surface area (Å²) in [6, 6.07) is 12.8. The van der Waals surface area contributed by atoms with Crippen LogP contribution in [0.2, 0.25) is 10.0 Å². The fraction of sp³-hybridized carbons (Fsp3) is 0. The lowest BCUT2D eigenvalue weighted by molar-refractivity contribution is 0.620. The predicted molar refractivity (Wildman–Crippen MR) is 69.5 cm³/mol. The molecular formula is C13H7Cl2NO. The first kappa shape index (κ1) is 10.6. The van der Waals surface area contributed by atoms with Gasteiger partial charge in [0.25, 0.3) is 0 Å². The standard InChI is InChI=1S/C13H7Cl2NO/c14-8-5-6-11-12(7-8)17-13(16-11)9-3-1-2-4-10(9)15/h1-7H. The van der Waals surface area contributed by atoms with Gasteiger partial charge in [-0.25, -0.2) is 4.98 Å². The van der Waals surface area contributed by atoms with Crippen molar-refractivity contribution in [2.45, 2.75) is 0 Å². The lowest BCUT2D eigenvalue weighted by Gasteiger charge is -1.96. The number of hydrogen-bond donors (Lipinski definition) is 0. The molecule has 0 aliphatic carbocycles. The first-order valence-corrected chi connectivity index (χ1v) is 5.80. The van der Waals surface area contributed by atoms with Gasteiger partial charge in [-0.15, -0.1) is 0 Å². The minimum Gasteiger partial charge on any atom is -0.436 e. The molecule has 0 saturated heterocycles. The summed E-state index contributed by atoms with van der Waals surface area (Å²) in [5.74, 6) is 0.507. The molecule has 2 nitrogen and oxygen atoms in total. The monoisotopic (exact) mass is 263 g/mol. The normalized spacial score (nSPS) is 10.9. The van der Waals surface area contributed by atoms with Crippen molar-refractivity contribution in [1.82, 2.24) is 4.98 Å². The van der Waals surface area contributed by atoms with Crippen LogP contribution in [0.4, 0.5) is 0 Å². The van der Waals surface area contributed by atoms with E-state index in [1.807, 2.05) is 24.3 Å². The minimum atomic E-state index is 0.507. The topological polar surface area (TPSA) is 26.0 Å². The smallest absolute Gasteiger partial charge is 0.228 e. The molecule has 1 aromatic heterocycles. The quantitative estimate of drug-likeness (QED) is 0.630. The van der Waals surface area contributed by atoms with Gasteiger partial charge >= 0.3 is 0 Å². The van der Waals surface area contributed by atoms with Crippen LogP contribution in [0.5, 0.6) is 0 Å². The van der Waals surface area contributed by atoms with Crippen LogP contribution >= 0.6 is 23.2 Å². The van der Waals surface area contributed by atoms with Crippen molar-refractivity contribution < 1.29 is 4.42 Å². The molecule has 3 rings (SSSR count). The van der Waals surface area contributed by atoms with Crippen LogP contribution in [0.25, 0.3) is 22.6 Å². The molecule has 0 spiro atoms. The van der Waals surface area contributed by atoms with Crippen LogP contribution in [0, 0.1) is 0 Å². The van der Waals surface area contributed by atoms with Gasteiger partial charge in [0.05, 0.1) is 10.6 Å². The maximum absolute atomic E-state index is 6.09. The molecule has 4 heteroatoms. The minimum absolute atomic E-state index is 0.507. The van der Waals surface area contributed by atoms with Gasteiger partial charge in [0.1, 0.15) is 5.52 Å². The third-order valence-electron chi connectivity index (χ3n) is 2.45. The highest BCUT2D eigenvalue weighted by Gasteiger charge is 2.10. The van der Waals surface area contributed by atoms with Crippen LogP contribution in [-0.2, 0) is 0 Å². The average Bonchev–Trinajstić information content (AvgIpc) is 2.72. The Morgan fingerprint density at radius 1 is 1.00 bits per heavy atom. The van der Waals surface area contributed by atoms with E-state index in [0.717, 1.165) is 11.1 Å². The molecule has 3 aromatic rings. The fourth-order valence-corrected chi connectivity index (χ4v) is 2.03. The number of benzene rings is 2. The Balaban J connectivity index is 2.22. The highest BCUT2D eigenvalue weighted by atomic mass is 35.5. The van der Waals surface area contributed by atoms with E-state index in [1.165, 1.54) is 0 Å². The van der Waals surface area contributed by atoms with Crippen LogP contribution in [0.15, 0.2) is 46.9 Å². The highest BCUT2D eigenvalue weighted by molar-refractivity contribution is 6.33. The Kier molecular flexibility index (Phi) is 2.54. The van der Waals surface area contributed by atoms with Crippen molar-refractivity contribution in [3.8, 4) is 11.5 Å². The van der Waals surface area contributed by atoms with Crippen molar-refractivity contribution in [2.24, 2.45) is 0 Å². The summed E-state index contributed by atoms with van der Waals surface area (Å²) in [6.07, 6.45) is 0. The van der Waals surface area contributed by atoms with Crippen LogP contribution < -0.4 is 0 Å². The summed E-state index contributed by atoms with van der Waals surface area (Å²) in [5.41, 5.74) is 2.21. The van der Waals surface area contributed by atoms with E-state index < -0.39 is 0 Å². The van der Waals surface area contributed by atoms with Gasteiger partial charge in [-0.05, 0) is 24.3 Å². The molecule has 0 aliphatic rings. The third-order valence-corrected chi connectivity index (χ3v) is 3.02. The molecule has 0 saturated carbocycles. The van der Waals surface area contributed by atoms with E-state index in [9.17, 15) is 0 Å². The van der Waals surface area contributed by atoms with Crippen molar-refractivity contribution in [2.75, 3.05) is 0 Å². The molecule has 0 atom stereocenters. The SMILES string of the molecule is Clc1ccc2nc(-c3ccccc3Cl)oc2c1. The fourth-order valence-electron chi connectivity index (χ4n) is 1.65. The van der Waals surface area contributed by atoms with Gasteiger partial charge in [-0.3, -0.25) is 0 Å². The van der Waals surface area contributed by atoms with Crippen molar-refractivity contribution in [3.05, 3.63) is 52.5 Å². The first-order valence-electron chi connectivity index (χ1n) is 5.05. The first-order chi connectivity index (χ1) is 8.24. The van der Waals surface area contributed by atoms with Gasteiger partial charge in [0.2, 0.25) is 5.89 Å². The molecule has 0 bridgehead atoms. The Bertz CT molecular complexity index is 691. The maximum atomic E-state index is 6.09. The van der Waals surface area contributed by atoms with E-state index in [4.69, 9.17) is 27.6 Å². The molecule has 2 aromatic carbocycles. The Morgan fingerprint density at radius 3 is 2.65 bits per heavy atom. The van der Waals surface area contributed by atoms with Gasteiger partial charge < -0.3 is 4.42 Å². The van der Waals surface area contributed by atoms with Crippen LogP contribution in [0.1, 0.15) is 0 Å². The van der Waals surface area contributed by atoms with Crippen molar-refractivity contribution >= 4 is 34.3 Å². The number of rotatable bonds is 1. The number of fused-ring (bicyclic) bond motifs is 1. The molecule has 0 radical (unpaired) electrons. The lowest BCUT2D eigenvalue weighted by atomic mass is 10.2. The summed E-state index contributed by atoms with van der Waals surface area (Å²) in [6.45, 7) is 0. The molecule has 0 fully saturated rings. The molecule has 84 valence electrons. The van der Waals surface area contributed by atoms with Gasteiger partial charge in [0, 0.05) is 11.1 Å². The van der Waals surface area contributed by atoms with E-state index in [2.05, 4.69) is 4.98 Å². The number of aromatic nitrogens is 1. The molecule has 0 unspecified atom stereocenters. The predicted octanol–water partition coefficient (Wildman–Crippen LogP) is 4.80. The zero-order chi connectivity index (χ0) is 11.8. The van der Waals surface area contributed by atoms with Crippen molar-refractivity contribution in [1.29, 1.82) is 0 Å². The number of oxazole rings is 1. The third kappa shape index (κ3) is 1.90. The summed E-state index contributed by atoms with van der Waals surface area (Å²) < 4.78 is 5.64. The highest BCUT2D eigenvalue weighted by Crippen LogP contribution is 2.30. The number of nitrogens with zero attached hydrogens (tertiary/aromatic N) is 1. The number of halogens is 2. The molecule has 1 heterocycles. The van der Waals surface area contributed by atoms with Gasteiger partial charge in [-0.2, -0.15) is 0 Å². The zero-order valence-corrected chi connectivity index (χ0v) is 10.2. The van der Waals surface area contributed by atoms with E-state index in [0.29, 0.717) is 21.5 Å². The van der Waals surface area contributed by atoms with E-state index in [-0.39, 0.29) is 0 Å². The van der Waals surface area contributed by atoms with Crippen LogP contribution in [-0.4, -0.2) is 4.98 Å². The number of hydrogen-bond acceptors (Lipinski definition) is 2. The summed E-state index contributed by atoms with van der Waals surface area (Å²) >= 11 is 12.0. The summed E-state index contributed by atoms with van der Waals surface area (Å²) in [4.78, 5) is 4.38. The Morgan fingerprint density at radius 2 is 1.82 bits per heavy atom. The molecule has 0 aliphatic heterocycles.